The van der Waals surface area contributed by atoms with E-state index in [1.165, 1.54) is 17.0 Å². The third kappa shape index (κ3) is 3.79. The van der Waals surface area contributed by atoms with Gasteiger partial charge in [0.2, 0.25) is 10.0 Å². The fourth-order valence-electron chi connectivity index (χ4n) is 1.64. The van der Waals surface area contributed by atoms with Gasteiger partial charge in [0.05, 0.1) is 15.6 Å². The van der Waals surface area contributed by atoms with Crippen molar-refractivity contribution >= 4 is 33.0 Å². The van der Waals surface area contributed by atoms with Crippen molar-refractivity contribution in [3.63, 3.8) is 0 Å². The molecule has 7 heteroatoms. The Morgan fingerprint density at radius 1 is 1.25 bits per heavy atom. The molecule has 0 unspecified atom stereocenters. The van der Waals surface area contributed by atoms with E-state index < -0.39 is 10.0 Å². The van der Waals surface area contributed by atoms with Gasteiger partial charge in [0.25, 0.3) is 0 Å². The number of nitrogens with one attached hydrogen (secondary N) is 1. The summed E-state index contributed by atoms with van der Waals surface area (Å²) in [6.07, 6.45) is 0.589. The van der Waals surface area contributed by atoms with E-state index in [1.807, 2.05) is 13.8 Å². The maximum Gasteiger partial charge on any atom is 0.240 e. The van der Waals surface area contributed by atoms with E-state index in [2.05, 4.69) is 9.71 Å². The summed E-state index contributed by atoms with van der Waals surface area (Å²) in [5.41, 5.74) is 1.01. The molecule has 0 aliphatic rings. The molecular formula is C13H15ClN2O2S2. The van der Waals surface area contributed by atoms with Crippen molar-refractivity contribution in [1.82, 2.24) is 9.71 Å². The lowest BCUT2D eigenvalue weighted by Gasteiger charge is -2.05. The molecule has 0 fully saturated rings. The van der Waals surface area contributed by atoms with Crippen LogP contribution >= 0.6 is 22.9 Å². The topological polar surface area (TPSA) is 59.1 Å². The van der Waals surface area contributed by atoms with Gasteiger partial charge in [-0.05, 0) is 38.1 Å². The Hall–Kier alpha value is -0.950. The number of aryl methyl sites for hydroxylation is 2. The lowest BCUT2D eigenvalue weighted by Crippen LogP contribution is -2.25. The Balaban J connectivity index is 1.97. The van der Waals surface area contributed by atoms with E-state index >= 15 is 0 Å². The Morgan fingerprint density at radius 2 is 1.90 bits per heavy atom. The van der Waals surface area contributed by atoms with Crippen LogP contribution in [0.3, 0.4) is 0 Å². The smallest absolute Gasteiger partial charge is 0.240 e. The highest BCUT2D eigenvalue weighted by molar-refractivity contribution is 7.89. The molecule has 0 spiro atoms. The van der Waals surface area contributed by atoms with Gasteiger partial charge in [0.1, 0.15) is 0 Å². The highest BCUT2D eigenvalue weighted by Gasteiger charge is 2.13. The first-order chi connectivity index (χ1) is 9.38. The van der Waals surface area contributed by atoms with Crippen molar-refractivity contribution in [2.75, 3.05) is 6.54 Å². The molecule has 0 radical (unpaired) electrons. The zero-order chi connectivity index (χ0) is 14.8. The summed E-state index contributed by atoms with van der Waals surface area (Å²) in [7, 11) is -3.48. The molecule has 0 saturated heterocycles. The normalized spacial score (nSPS) is 11.8. The summed E-state index contributed by atoms with van der Waals surface area (Å²) in [6.45, 7) is 4.29. The predicted octanol–water partition coefficient (Wildman–Crippen LogP) is 2.93. The molecule has 2 aromatic rings. The molecule has 1 aromatic heterocycles. The first-order valence-corrected chi connectivity index (χ1v) is 8.74. The van der Waals surface area contributed by atoms with E-state index in [1.54, 1.807) is 23.5 Å². The second-order valence-corrected chi connectivity index (χ2v) is 7.84. The monoisotopic (exact) mass is 330 g/mol. The third-order valence-corrected chi connectivity index (χ3v) is 5.69. The van der Waals surface area contributed by atoms with Gasteiger partial charge in [-0.1, -0.05) is 11.6 Å². The minimum Gasteiger partial charge on any atom is -0.246 e. The van der Waals surface area contributed by atoms with Crippen LogP contribution in [0.4, 0.5) is 0 Å². The summed E-state index contributed by atoms with van der Waals surface area (Å²) < 4.78 is 26.6. The van der Waals surface area contributed by atoms with E-state index in [-0.39, 0.29) is 4.90 Å². The van der Waals surface area contributed by atoms with Crippen LogP contribution in [0.15, 0.2) is 29.2 Å². The molecule has 20 heavy (non-hydrogen) atoms. The fourth-order valence-corrected chi connectivity index (χ4v) is 3.73. The number of benzene rings is 1. The van der Waals surface area contributed by atoms with Crippen LogP contribution in [-0.4, -0.2) is 19.9 Å². The lowest BCUT2D eigenvalue weighted by atomic mass is 10.4. The molecule has 4 nitrogen and oxygen atoms in total. The molecule has 0 atom stereocenters. The Morgan fingerprint density at radius 3 is 2.45 bits per heavy atom. The van der Waals surface area contributed by atoms with E-state index in [0.717, 1.165) is 10.7 Å². The Labute approximate surface area is 127 Å². The molecule has 1 aromatic carbocycles. The Bertz CT molecular complexity index is 674. The van der Waals surface area contributed by atoms with Crippen LogP contribution in [0.25, 0.3) is 0 Å². The molecule has 0 bridgehead atoms. The zero-order valence-corrected chi connectivity index (χ0v) is 13.6. The quantitative estimate of drug-likeness (QED) is 0.917. The van der Waals surface area contributed by atoms with Crippen LogP contribution in [0, 0.1) is 13.8 Å². The van der Waals surface area contributed by atoms with Crippen molar-refractivity contribution < 1.29 is 8.42 Å². The van der Waals surface area contributed by atoms with E-state index in [9.17, 15) is 8.42 Å². The molecule has 0 aliphatic heterocycles. The van der Waals surface area contributed by atoms with Crippen LogP contribution < -0.4 is 4.72 Å². The first-order valence-electron chi connectivity index (χ1n) is 6.06. The minimum atomic E-state index is -3.48. The summed E-state index contributed by atoms with van der Waals surface area (Å²) >= 11 is 7.34. The summed E-state index contributed by atoms with van der Waals surface area (Å²) in [4.78, 5) is 5.76. The standard InChI is InChI=1S/C13H15ClN2O2S2/c1-9-10(2)19-13(16-9)7-8-15-20(17,18)12-5-3-11(14)4-6-12/h3-6,15H,7-8H2,1-2H3. The van der Waals surface area contributed by atoms with Crippen molar-refractivity contribution in [2.45, 2.75) is 25.2 Å². The van der Waals surface area contributed by atoms with Gasteiger partial charge in [0.15, 0.2) is 0 Å². The molecule has 1 heterocycles. The SMILES string of the molecule is Cc1nc(CCNS(=O)(=O)c2ccc(Cl)cc2)sc1C. The number of halogens is 1. The molecule has 108 valence electrons. The van der Waals surface area contributed by atoms with Gasteiger partial charge in [-0.25, -0.2) is 18.1 Å². The number of hydrogen-bond donors (Lipinski definition) is 1. The van der Waals surface area contributed by atoms with E-state index in [0.29, 0.717) is 18.0 Å². The second-order valence-electron chi connectivity index (χ2n) is 4.35. The van der Waals surface area contributed by atoms with Crippen molar-refractivity contribution in [3.05, 3.63) is 44.9 Å². The van der Waals surface area contributed by atoms with Crippen molar-refractivity contribution in [3.8, 4) is 0 Å². The number of aromatic nitrogens is 1. The number of nitrogens with zero attached hydrogens (tertiary/aromatic N) is 1. The second kappa shape index (κ2) is 6.22. The number of hydrogen-bond acceptors (Lipinski definition) is 4. The molecule has 0 saturated carbocycles. The van der Waals surface area contributed by atoms with Gasteiger partial charge >= 0.3 is 0 Å². The van der Waals surface area contributed by atoms with Crippen LogP contribution in [0.1, 0.15) is 15.6 Å². The summed E-state index contributed by atoms with van der Waals surface area (Å²) in [6, 6.07) is 6.10. The van der Waals surface area contributed by atoms with Gasteiger partial charge in [-0.15, -0.1) is 11.3 Å². The zero-order valence-electron chi connectivity index (χ0n) is 11.2. The fraction of sp³-hybridized carbons (Fsp3) is 0.308. The highest BCUT2D eigenvalue weighted by Crippen LogP contribution is 2.17. The maximum absolute atomic E-state index is 12.0. The number of thiazole rings is 1. The van der Waals surface area contributed by atoms with Crippen molar-refractivity contribution in [1.29, 1.82) is 0 Å². The highest BCUT2D eigenvalue weighted by atomic mass is 35.5. The third-order valence-electron chi connectivity index (χ3n) is 2.83. The number of rotatable bonds is 5. The molecule has 2 rings (SSSR count). The largest absolute Gasteiger partial charge is 0.246 e. The lowest BCUT2D eigenvalue weighted by molar-refractivity contribution is 0.581. The van der Waals surface area contributed by atoms with Gasteiger partial charge in [-0.3, -0.25) is 0 Å². The summed E-state index contributed by atoms with van der Waals surface area (Å²) in [5, 5.41) is 1.46. The van der Waals surface area contributed by atoms with Gasteiger partial charge in [0, 0.05) is 22.9 Å². The maximum atomic E-state index is 12.0. The van der Waals surface area contributed by atoms with Crippen LogP contribution in [0.5, 0.6) is 0 Å². The molecular weight excluding hydrogens is 316 g/mol. The van der Waals surface area contributed by atoms with E-state index in [4.69, 9.17) is 11.6 Å². The first kappa shape index (κ1) is 15.4. The predicted molar refractivity (Wildman–Crippen MR) is 81.9 cm³/mol. The molecule has 1 N–H and O–H groups in total. The average Bonchev–Trinajstić information content (AvgIpc) is 2.69. The van der Waals surface area contributed by atoms with Crippen molar-refractivity contribution in [2.24, 2.45) is 0 Å². The minimum absolute atomic E-state index is 0.216. The summed E-state index contributed by atoms with van der Waals surface area (Å²) in [5.74, 6) is 0. The van der Waals surface area contributed by atoms with Gasteiger partial charge < -0.3 is 0 Å². The van der Waals surface area contributed by atoms with Gasteiger partial charge in [-0.2, -0.15) is 0 Å². The van der Waals surface area contributed by atoms with Crippen LogP contribution in [-0.2, 0) is 16.4 Å². The van der Waals surface area contributed by atoms with Crippen LogP contribution in [0.2, 0.25) is 5.02 Å². The molecule has 0 amide bonds. The average molecular weight is 331 g/mol. The molecule has 0 aliphatic carbocycles. The number of sulfonamides is 1. The Kier molecular flexibility index (Phi) is 4.80.